The summed E-state index contributed by atoms with van der Waals surface area (Å²) in [6.07, 6.45) is 4.98. The van der Waals surface area contributed by atoms with Gasteiger partial charge in [-0.3, -0.25) is 4.79 Å². The van der Waals surface area contributed by atoms with Gasteiger partial charge in [-0.15, -0.1) is 0 Å². The van der Waals surface area contributed by atoms with Crippen molar-refractivity contribution in [3.63, 3.8) is 0 Å². The SMILES string of the molecule is CNC(=O)c1cccc2c(Sc3ncnc4nc[nH]c34)c[nH]c12. The second kappa shape index (κ2) is 5.40. The molecule has 0 saturated heterocycles. The molecule has 0 aliphatic carbocycles. The fourth-order valence-electron chi connectivity index (χ4n) is 2.46. The summed E-state index contributed by atoms with van der Waals surface area (Å²) in [5, 5.41) is 4.42. The zero-order valence-electron chi connectivity index (χ0n) is 12.1. The molecule has 4 rings (SSSR count). The number of hydrogen-bond donors (Lipinski definition) is 3. The largest absolute Gasteiger partial charge is 0.359 e. The number of aromatic nitrogens is 5. The lowest BCUT2D eigenvalue weighted by Crippen LogP contribution is -2.17. The Morgan fingerprint density at radius 2 is 2.09 bits per heavy atom. The molecule has 114 valence electrons. The minimum atomic E-state index is -0.119. The first-order valence-electron chi connectivity index (χ1n) is 6.92. The van der Waals surface area contributed by atoms with E-state index in [-0.39, 0.29) is 5.91 Å². The number of para-hydroxylation sites is 1. The van der Waals surface area contributed by atoms with Gasteiger partial charge in [0.25, 0.3) is 5.91 Å². The van der Waals surface area contributed by atoms with Gasteiger partial charge < -0.3 is 15.3 Å². The summed E-state index contributed by atoms with van der Waals surface area (Å²) in [5.74, 6) is -0.119. The molecule has 0 bridgehead atoms. The third kappa shape index (κ3) is 2.23. The predicted octanol–water partition coefficient (Wildman–Crippen LogP) is 2.34. The number of hydrogen-bond acceptors (Lipinski definition) is 5. The van der Waals surface area contributed by atoms with Crippen molar-refractivity contribution in [2.45, 2.75) is 9.92 Å². The highest BCUT2D eigenvalue weighted by Crippen LogP contribution is 2.35. The number of amides is 1. The van der Waals surface area contributed by atoms with Crippen LogP contribution in [0.5, 0.6) is 0 Å². The average Bonchev–Trinajstić information content (AvgIpc) is 3.21. The minimum absolute atomic E-state index is 0.119. The maximum Gasteiger partial charge on any atom is 0.253 e. The first kappa shape index (κ1) is 13.8. The van der Waals surface area contributed by atoms with Gasteiger partial charge in [-0.2, -0.15) is 0 Å². The van der Waals surface area contributed by atoms with Gasteiger partial charge in [0.1, 0.15) is 16.9 Å². The van der Waals surface area contributed by atoms with E-state index in [0.29, 0.717) is 11.2 Å². The molecule has 8 heteroatoms. The molecule has 0 atom stereocenters. The summed E-state index contributed by atoms with van der Waals surface area (Å²) in [5.41, 5.74) is 2.86. The summed E-state index contributed by atoms with van der Waals surface area (Å²) in [7, 11) is 1.62. The quantitative estimate of drug-likeness (QED) is 0.502. The Morgan fingerprint density at radius 1 is 1.17 bits per heavy atom. The van der Waals surface area contributed by atoms with Crippen LogP contribution in [0.2, 0.25) is 0 Å². The van der Waals surface area contributed by atoms with Crippen LogP contribution < -0.4 is 5.32 Å². The molecule has 7 nitrogen and oxygen atoms in total. The first-order chi connectivity index (χ1) is 11.3. The summed E-state index contributed by atoms with van der Waals surface area (Å²) in [6.45, 7) is 0. The van der Waals surface area contributed by atoms with Gasteiger partial charge in [0.2, 0.25) is 0 Å². The molecule has 4 aromatic rings. The Morgan fingerprint density at radius 3 is 2.96 bits per heavy atom. The smallest absolute Gasteiger partial charge is 0.253 e. The summed E-state index contributed by atoms with van der Waals surface area (Å²) in [6, 6.07) is 5.65. The van der Waals surface area contributed by atoms with E-state index < -0.39 is 0 Å². The molecule has 3 N–H and O–H groups in total. The van der Waals surface area contributed by atoms with Gasteiger partial charge in [0.15, 0.2) is 5.65 Å². The van der Waals surface area contributed by atoms with Gasteiger partial charge in [0.05, 0.1) is 17.4 Å². The number of aromatic amines is 2. The third-order valence-electron chi connectivity index (χ3n) is 3.54. The normalized spacial score (nSPS) is 11.2. The molecule has 23 heavy (non-hydrogen) atoms. The van der Waals surface area contributed by atoms with Crippen molar-refractivity contribution in [1.82, 2.24) is 30.2 Å². The fraction of sp³-hybridized carbons (Fsp3) is 0.0667. The third-order valence-corrected chi connectivity index (χ3v) is 4.60. The van der Waals surface area contributed by atoms with Crippen LogP contribution in [0.1, 0.15) is 10.4 Å². The lowest BCUT2D eigenvalue weighted by atomic mass is 10.1. The van der Waals surface area contributed by atoms with E-state index in [9.17, 15) is 4.79 Å². The number of nitrogens with zero attached hydrogens (tertiary/aromatic N) is 3. The molecule has 0 fully saturated rings. The molecule has 1 amide bonds. The number of fused-ring (bicyclic) bond motifs is 2. The van der Waals surface area contributed by atoms with E-state index in [0.717, 1.165) is 26.3 Å². The topological polar surface area (TPSA) is 99.3 Å². The molecular weight excluding hydrogens is 312 g/mol. The Labute approximate surface area is 134 Å². The van der Waals surface area contributed by atoms with E-state index in [1.165, 1.54) is 18.1 Å². The minimum Gasteiger partial charge on any atom is -0.359 e. The second-order valence-corrected chi connectivity index (χ2v) is 5.87. The predicted molar refractivity (Wildman–Crippen MR) is 87.5 cm³/mol. The number of nitrogens with one attached hydrogen (secondary N) is 3. The van der Waals surface area contributed by atoms with Crippen molar-refractivity contribution in [1.29, 1.82) is 0 Å². The fourth-order valence-corrected chi connectivity index (χ4v) is 3.42. The molecule has 0 unspecified atom stereocenters. The van der Waals surface area contributed by atoms with Crippen LogP contribution in [0.4, 0.5) is 0 Å². The average molecular weight is 324 g/mol. The first-order valence-corrected chi connectivity index (χ1v) is 7.73. The maximum absolute atomic E-state index is 12.0. The van der Waals surface area contributed by atoms with Crippen LogP contribution >= 0.6 is 11.8 Å². The molecule has 0 saturated carbocycles. The molecule has 3 heterocycles. The number of benzene rings is 1. The Kier molecular flexibility index (Phi) is 3.23. The second-order valence-electron chi connectivity index (χ2n) is 4.84. The van der Waals surface area contributed by atoms with Gasteiger partial charge in [-0.05, 0) is 6.07 Å². The van der Waals surface area contributed by atoms with Gasteiger partial charge in [0, 0.05) is 23.5 Å². The van der Waals surface area contributed by atoms with Crippen LogP contribution in [-0.4, -0.2) is 37.9 Å². The van der Waals surface area contributed by atoms with Crippen molar-refractivity contribution in [3.05, 3.63) is 42.6 Å². The van der Waals surface area contributed by atoms with Crippen molar-refractivity contribution in [3.8, 4) is 0 Å². The Bertz CT molecular complexity index is 1020. The summed E-state index contributed by atoms with van der Waals surface area (Å²) >= 11 is 1.50. The highest BCUT2D eigenvalue weighted by molar-refractivity contribution is 7.99. The molecule has 0 spiro atoms. The standard InChI is InChI=1S/C15H12N6OS/c1-16-14(22)9-4-2-3-8-10(5-17-11(8)9)23-15-12-13(19-6-18-12)20-7-21-15/h2-7,17H,1H3,(H,16,22)(H,18,19,20,21). The molecule has 1 aromatic carbocycles. The van der Waals surface area contributed by atoms with Crippen molar-refractivity contribution in [2.75, 3.05) is 7.05 Å². The van der Waals surface area contributed by atoms with Crippen LogP contribution in [0, 0.1) is 0 Å². The van der Waals surface area contributed by atoms with Gasteiger partial charge >= 0.3 is 0 Å². The van der Waals surface area contributed by atoms with Crippen LogP contribution in [0.15, 0.2) is 47.0 Å². The Balaban J connectivity index is 1.81. The number of rotatable bonds is 3. The zero-order chi connectivity index (χ0) is 15.8. The molecule has 3 aromatic heterocycles. The molecule has 0 aliphatic rings. The monoisotopic (exact) mass is 324 g/mol. The maximum atomic E-state index is 12.0. The molecular formula is C15H12N6OS. The van der Waals surface area contributed by atoms with E-state index in [1.807, 2.05) is 18.3 Å². The lowest BCUT2D eigenvalue weighted by molar-refractivity contribution is 0.0964. The van der Waals surface area contributed by atoms with Crippen LogP contribution in [0.3, 0.4) is 0 Å². The van der Waals surface area contributed by atoms with E-state index in [1.54, 1.807) is 19.4 Å². The number of carbonyl (C=O) groups is 1. The van der Waals surface area contributed by atoms with Gasteiger partial charge in [-0.25, -0.2) is 15.0 Å². The highest BCUT2D eigenvalue weighted by atomic mass is 32.2. The van der Waals surface area contributed by atoms with Crippen LogP contribution in [0.25, 0.3) is 22.1 Å². The highest BCUT2D eigenvalue weighted by Gasteiger charge is 2.15. The van der Waals surface area contributed by atoms with E-state index in [4.69, 9.17) is 0 Å². The summed E-state index contributed by atoms with van der Waals surface area (Å²) < 4.78 is 0. The molecule has 0 radical (unpaired) electrons. The van der Waals surface area contributed by atoms with E-state index >= 15 is 0 Å². The number of H-pyrrole nitrogens is 2. The lowest BCUT2D eigenvalue weighted by Gasteiger charge is -2.03. The number of carbonyl (C=O) groups excluding carboxylic acids is 1. The summed E-state index contributed by atoms with van der Waals surface area (Å²) in [4.78, 5) is 31.8. The molecule has 0 aliphatic heterocycles. The van der Waals surface area contributed by atoms with Crippen molar-refractivity contribution in [2.24, 2.45) is 0 Å². The van der Waals surface area contributed by atoms with Gasteiger partial charge in [-0.1, -0.05) is 23.9 Å². The van der Waals surface area contributed by atoms with Crippen LogP contribution in [-0.2, 0) is 0 Å². The van der Waals surface area contributed by atoms with Crippen molar-refractivity contribution >= 4 is 39.7 Å². The zero-order valence-corrected chi connectivity index (χ0v) is 12.9. The number of imidazole rings is 1. The van der Waals surface area contributed by atoms with Crippen molar-refractivity contribution < 1.29 is 4.79 Å². The Hall–Kier alpha value is -2.87. The van der Waals surface area contributed by atoms with E-state index in [2.05, 4.69) is 30.2 Å².